The Balaban J connectivity index is 1.61. The molecule has 0 aromatic heterocycles. The van der Waals surface area contributed by atoms with Crippen molar-refractivity contribution in [2.24, 2.45) is 23.7 Å². The van der Waals surface area contributed by atoms with E-state index in [2.05, 4.69) is 0 Å². The van der Waals surface area contributed by atoms with Gasteiger partial charge >= 0.3 is 0 Å². The van der Waals surface area contributed by atoms with E-state index in [4.69, 9.17) is 9.47 Å². The molecule has 5 heteroatoms. The average Bonchev–Trinajstić information content (AvgIpc) is 2.70. The fourth-order valence-electron chi connectivity index (χ4n) is 4.65. The molecule has 0 unspecified atom stereocenters. The molecule has 1 heterocycles. The molecule has 27 heavy (non-hydrogen) atoms. The zero-order valence-electron chi connectivity index (χ0n) is 17.6. The maximum Gasteiger partial charge on any atom is 0.224 e. The Morgan fingerprint density at radius 2 is 1.48 bits per heavy atom. The minimum absolute atomic E-state index is 0.170. The summed E-state index contributed by atoms with van der Waals surface area (Å²) >= 11 is 0. The number of rotatable bonds is 10. The number of hydrogen-bond donors (Lipinski definition) is 0. The van der Waals surface area contributed by atoms with Crippen molar-refractivity contribution in [3.63, 3.8) is 0 Å². The van der Waals surface area contributed by atoms with Crippen molar-refractivity contribution in [3.8, 4) is 0 Å². The molecule has 156 valence electrons. The number of Topliss-reactive ketones (excluding diaryl/α,β-unsaturated/α-hetero) is 1. The van der Waals surface area contributed by atoms with E-state index >= 15 is 0 Å². The first-order valence-electron chi connectivity index (χ1n) is 11.0. The molecule has 1 saturated carbocycles. The highest BCUT2D eigenvalue weighted by atomic mass is 16.5. The van der Waals surface area contributed by atoms with Gasteiger partial charge in [-0.25, -0.2) is 0 Å². The maximum atomic E-state index is 12.3. The third kappa shape index (κ3) is 7.19. The summed E-state index contributed by atoms with van der Waals surface area (Å²) in [6.07, 6.45) is 7.22. The molecule has 2 rings (SSSR count). The van der Waals surface area contributed by atoms with Crippen molar-refractivity contribution in [2.45, 2.75) is 65.7 Å². The molecule has 0 atom stereocenters. The van der Waals surface area contributed by atoms with Gasteiger partial charge in [-0.3, -0.25) is 9.59 Å². The van der Waals surface area contributed by atoms with Crippen LogP contribution in [0.2, 0.25) is 0 Å². The van der Waals surface area contributed by atoms with Crippen molar-refractivity contribution < 1.29 is 19.1 Å². The first-order chi connectivity index (χ1) is 13.0. The zero-order valence-corrected chi connectivity index (χ0v) is 17.6. The Hall–Kier alpha value is -0.940. The maximum absolute atomic E-state index is 12.3. The predicted molar refractivity (Wildman–Crippen MR) is 107 cm³/mol. The van der Waals surface area contributed by atoms with Crippen molar-refractivity contribution in [1.29, 1.82) is 0 Å². The van der Waals surface area contributed by atoms with Crippen molar-refractivity contribution in [1.82, 2.24) is 4.90 Å². The van der Waals surface area contributed by atoms with Crippen LogP contribution in [-0.4, -0.2) is 56.1 Å². The Bertz CT molecular complexity index is 449. The molecule has 0 spiro atoms. The number of amides is 1. The molecule has 1 saturated heterocycles. The third-order valence-electron chi connectivity index (χ3n) is 6.34. The summed E-state index contributed by atoms with van der Waals surface area (Å²) in [6, 6.07) is 0. The summed E-state index contributed by atoms with van der Waals surface area (Å²) < 4.78 is 10.7. The minimum Gasteiger partial charge on any atom is -0.379 e. The van der Waals surface area contributed by atoms with Crippen LogP contribution in [0, 0.1) is 23.7 Å². The number of likely N-dealkylation sites (tertiary alicyclic amines) is 1. The van der Waals surface area contributed by atoms with Crippen LogP contribution < -0.4 is 0 Å². The minimum atomic E-state index is 0.170. The zero-order chi connectivity index (χ0) is 19.6. The second-order valence-corrected chi connectivity index (χ2v) is 8.45. The summed E-state index contributed by atoms with van der Waals surface area (Å²) in [5, 5.41) is 0. The molecule has 2 aliphatic rings. The molecule has 0 radical (unpaired) electrons. The second-order valence-electron chi connectivity index (χ2n) is 8.45. The van der Waals surface area contributed by atoms with Crippen LogP contribution in [0.1, 0.15) is 65.7 Å². The number of carbonyl (C=O) groups is 2. The molecule has 0 bridgehead atoms. The predicted octanol–water partition coefficient (Wildman–Crippen LogP) is 3.70. The molecule has 5 nitrogen and oxygen atoms in total. The number of ketones is 1. The van der Waals surface area contributed by atoms with Gasteiger partial charge in [0, 0.05) is 31.5 Å². The number of piperidine rings is 1. The van der Waals surface area contributed by atoms with Gasteiger partial charge in [0.2, 0.25) is 5.91 Å². The van der Waals surface area contributed by atoms with Gasteiger partial charge in [-0.1, -0.05) is 13.8 Å². The Morgan fingerprint density at radius 1 is 0.889 bits per heavy atom. The van der Waals surface area contributed by atoms with Crippen LogP contribution in [0.25, 0.3) is 0 Å². The second kappa shape index (κ2) is 11.8. The Labute approximate surface area is 165 Å². The van der Waals surface area contributed by atoms with Crippen LogP contribution >= 0.6 is 0 Å². The van der Waals surface area contributed by atoms with Crippen molar-refractivity contribution in [3.05, 3.63) is 0 Å². The lowest BCUT2D eigenvalue weighted by atomic mass is 9.71. The topological polar surface area (TPSA) is 55.8 Å². The molecule has 1 aliphatic carbocycles. The molecule has 0 aromatic carbocycles. The molecular formula is C22H39NO4. The van der Waals surface area contributed by atoms with Gasteiger partial charge in [0.25, 0.3) is 0 Å². The van der Waals surface area contributed by atoms with E-state index in [9.17, 15) is 9.59 Å². The Kier molecular flexibility index (Phi) is 9.77. The fourth-order valence-corrected chi connectivity index (χ4v) is 4.65. The van der Waals surface area contributed by atoms with E-state index < -0.39 is 0 Å². The van der Waals surface area contributed by atoms with Gasteiger partial charge < -0.3 is 14.4 Å². The highest BCUT2D eigenvalue weighted by Crippen LogP contribution is 2.38. The lowest BCUT2D eigenvalue weighted by Crippen LogP contribution is -2.41. The first-order valence-corrected chi connectivity index (χ1v) is 11.0. The van der Waals surface area contributed by atoms with Crippen molar-refractivity contribution in [2.75, 3.05) is 39.5 Å². The van der Waals surface area contributed by atoms with Gasteiger partial charge in [-0.2, -0.15) is 0 Å². The quantitative estimate of drug-likeness (QED) is 0.542. The van der Waals surface area contributed by atoms with Crippen LogP contribution in [0.5, 0.6) is 0 Å². The summed E-state index contributed by atoms with van der Waals surface area (Å²) in [5.41, 5.74) is 0. The third-order valence-corrected chi connectivity index (χ3v) is 6.34. The van der Waals surface area contributed by atoms with Gasteiger partial charge in [0.15, 0.2) is 0 Å². The molecule has 2 fully saturated rings. The van der Waals surface area contributed by atoms with E-state index in [1.165, 1.54) is 12.8 Å². The highest BCUT2D eigenvalue weighted by molar-refractivity contribution is 5.82. The van der Waals surface area contributed by atoms with E-state index in [-0.39, 0.29) is 11.8 Å². The normalized spacial score (nSPS) is 24.4. The number of ether oxygens (including phenoxy) is 2. The summed E-state index contributed by atoms with van der Waals surface area (Å²) in [6.45, 7) is 10.1. The van der Waals surface area contributed by atoms with E-state index in [1.807, 2.05) is 25.7 Å². The lowest BCUT2D eigenvalue weighted by molar-refractivity contribution is -0.134. The average molecular weight is 382 g/mol. The largest absolute Gasteiger partial charge is 0.379 e. The summed E-state index contributed by atoms with van der Waals surface area (Å²) in [7, 11) is 0. The van der Waals surface area contributed by atoms with Crippen LogP contribution in [0.3, 0.4) is 0 Å². The molecule has 0 N–H and O–H groups in total. The van der Waals surface area contributed by atoms with Crippen LogP contribution in [-0.2, 0) is 19.1 Å². The molecular weight excluding hydrogens is 342 g/mol. The van der Waals surface area contributed by atoms with Gasteiger partial charge in [-0.15, -0.1) is 0 Å². The van der Waals surface area contributed by atoms with Crippen molar-refractivity contribution >= 4 is 11.7 Å². The van der Waals surface area contributed by atoms with Crippen LogP contribution in [0.15, 0.2) is 0 Å². The highest BCUT2D eigenvalue weighted by Gasteiger charge is 2.33. The molecule has 1 amide bonds. The standard InChI is InChI=1S/C22H39NO4/c1-4-26-15-16-27-14-11-21(24)23-12-9-19(10-13-23)18-5-7-20(8-6-18)22(25)17(2)3/h17-20H,4-16H2,1-3H3. The first kappa shape index (κ1) is 22.4. The number of carbonyl (C=O) groups excluding carboxylic acids is 2. The molecule has 0 aromatic rings. The van der Waals surface area contributed by atoms with Gasteiger partial charge in [0.1, 0.15) is 5.78 Å². The monoisotopic (exact) mass is 381 g/mol. The SMILES string of the molecule is CCOCCOCCC(=O)N1CCC(C2CCC(C(=O)C(C)C)CC2)CC1. The van der Waals surface area contributed by atoms with Gasteiger partial charge in [0.05, 0.1) is 26.2 Å². The summed E-state index contributed by atoms with van der Waals surface area (Å²) in [5.74, 6) is 2.62. The lowest BCUT2D eigenvalue weighted by Gasteiger charge is -2.39. The van der Waals surface area contributed by atoms with Crippen LogP contribution in [0.4, 0.5) is 0 Å². The number of hydrogen-bond acceptors (Lipinski definition) is 4. The smallest absolute Gasteiger partial charge is 0.224 e. The number of nitrogens with zero attached hydrogens (tertiary/aromatic N) is 1. The van der Waals surface area contributed by atoms with Gasteiger partial charge in [-0.05, 0) is 57.3 Å². The fraction of sp³-hybridized carbons (Fsp3) is 0.909. The van der Waals surface area contributed by atoms with E-state index in [0.717, 1.165) is 50.6 Å². The molecule has 1 aliphatic heterocycles. The van der Waals surface area contributed by atoms with E-state index in [1.54, 1.807) is 0 Å². The summed E-state index contributed by atoms with van der Waals surface area (Å²) in [4.78, 5) is 26.5. The Morgan fingerprint density at radius 3 is 2.07 bits per heavy atom. The van der Waals surface area contributed by atoms with E-state index in [0.29, 0.717) is 44.5 Å².